The molecule has 1 saturated carbocycles. The van der Waals surface area contributed by atoms with Crippen LogP contribution in [0.5, 0.6) is 0 Å². The van der Waals surface area contributed by atoms with Gasteiger partial charge in [-0.1, -0.05) is 51.4 Å². The zero-order valence-electron chi connectivity index (χ0n) is 11.6. The van der Waals surface area contributed by atoms with Crippen molar-refractivity contribution in [2.45, 2.75) is 76.4 Å². The summed E-state index contributed by atoms with van der Waals surface area (Å²) in [4.78, 5) is 0. The van der Waals surface area contributed by atoms with Crippen LogP contribution in [0, 0.1) is 11.8 Å². The summed E-state index contributed by atoms with van der Waals surface area (Å²) >= 11 is 0. The molecule has 0 aromatic rings. The summed E-state index contributed by atoms with van der Waals surface area (Å²) in [6, 6.07) is 0. The highest BCUT2D eigenvalue weighted by molar-refractivity contribution is 4.76. The van der Waals surface area contributed by atoms with Crippen LogP contribution in [0.25, 0.3) is 0 Å². The van der Waals surface area contributed by atoms with Crippen LogP contribution in [0.1, 0.15) is 64.2 Å². The van der Waals surface area contributed by atoms with E-state index in [0.717, 1.165) is 25.0 Å². The first kappa shape index (κ1) is 12.9. The van der Waals surface area contributed by atoms with Crippen molar-refractivity contribution in [1.29, 1.82) is 0 Å². The standard InChI is InChI=1S/C16H28O2/c1(5-15-11-17-15)3-13-7-9-14(10-8-13)4-2-6-16-12-18-16/h13-16H,1-12H2. The average molecular weight is 252 g/mol. The number of hydrogen-bond donors (Lipinski definition) is 0. The Morgan fingerprint density at radius 2 is 1.00 bits per heavy atom. The lowest BCUT2D eigenvalue weighted by molar-refractivity contribution is 0.240. The highest BCUT2D eigenvalue weighted by Gasteiger charge is 2.25. The van der Waals surface area contributed by atoms with E-state index in [1.54, 1.807) is 0 Å². The monoisotopic (exact) mass is 252 g/mol. The molecule has 2 saturated heterocycles. The van der Waals surface area contributed by atoms with Gasteiger partial charge in [0.2, 0.25) is 0 Å². The van der Waals surface area contributed by atoms with E-state index in [2.05, 4.69) is 0 Å². The predicted molar refractivity (Wildman–Crippen MR) is 72.6 cm³/mol. The Morgan fingerprint density at radius 1 is 0.611 bits per heavy atom. The van der Waals surface area contributed by atoms with Gasteiger partial charge in [-0.25, -0.2) is 0 Å². The third kappa shape index (κ3) is 4.55. The summed E-state index contributed by atoms with van der Waals surface area (Å²) in [7, 11) is 0. The molecule has 2 heteroatoms. The number of epoxide rings is 2. The largest absolute Gasteiger partial charge is 0.373 e. The number of ether oxygens (including phenoxy) is 2. The van der Waals surface area contributed by atoms with E-state index in [9.17, 15) is 0 Å². The van der Waals surface area contributed by atoms with Crippen molar-refractivity contribution < 1.29 is 9.47 Å². The van der Waals surface area contributed by atoms with Crippen molar-refractivity contribution in [3.05, 3.63) is 0 Å². The summed E-state index contributed by atoms with van der Waals surface area (Å²) < 4.78 is 10.5. The van der Waals surface area contributed by atoms with E-state index in [4.69, 9.17) is 9.47 Å². The van der Waals surface area contributed by atoms with E-state index >= 15 is 0 Å². The molecule has 3 fully saturated rings. The van der Waals surface area contributed by atoms with Crippen LogP contribution in [0.3, 0.4) is 0 Å². The molecule has 0 radical (unpaired) electrons. The Balaban J connectivity index is 1.21. The van der Waals surface area contributed by atoms with Gasteiger partial charge in [-0.15, -0.1) is 0 Å². The first-order valence-electron chi connectivity index (χ1n) is 8.13. The molecular weight excluding hydrogens is 224 g/mol. The summed E-state index contributed by atoms with van der Waals surface area (Å²) in [5.74, 6) is 2.07. The molecule has 2 heterocycles. The molecule has 18 heavy (non-hydrogen) atoms. The van der Waals surface area contributed by atoms with E-state index < -0.39 is 0 Å². The lowest BCUT2D eigenvalue weighted by Gasteiger charge is -2.28. The highest BCUT2D eigenvalue weighted by atomic mass is 16.6. The second kappa shape index (κ2) is 6.38. The minimum atomic E-state index is 0.644. The maximum atomic E-state index is 5.27. The van der Waals surface area contributed by atoms with Crippen LogP contribution < -0.4 is 0 Å². The Bertz CT molecular complexity index is 211. The van der Waals surface area contributed by atoms with Crippen LogP contribution in [0.4, 0.5) is 0 Å². The van der Waals surface area contributed by atoms with Gasteiger partial charge in [0.1, 0.15) is 0 Å². The lowest BCUT2D eigenvalue weighted by atomic mass is 9.78. The second-order valence-corrected chi connectivity index (χ2v) is 6.66. The molecule has 3 aliphatic rings. The highest BCUT2D eigenvalue weighted by Crippen LogP contribution is 2.35. The zero-order valence-corrected chi connectivity index (χ0v) is 11.6. The summed E-state index contributed by atoms with van der Waals surface area (Å²) in [6.07, 6.45) is 15.6. The second-order valence-electron chi connectivity index (χ2n) is 6.66. The number of rotatable bonds is 8. The molecule has 0 spiro atoms. The van der Waals surface area contributed by atoms with Gasteiger partial charge in [0.25, 0.3) is 0 Å². The predicted octanol–water partition coefficient (Wildman–Crippen LogP) is 3.93. The van der Waals surface area contributed by atoms with Crippen LogP contribution in [0.2, 0.25) is 0 Å². The average Bonchev–Trinajstić information content (AvgIpc) is 3.25. The Kier molecular flexibility index (Phi) is 4.58. The quantitative estimate of drug-likeness (QED) is 0.611. The Labute approximate surface area is 111 Å². The molecule has 0 amide bonds. The molecule has 0 aromatic carbocycles. The zero-order chi connectivity index (χ0) is 12.2. The molecule has 2 nitrogen and oxygen atoms in total. The fourth-order valence-electron chi connectivity index (χ4n) is 3.55. The fraction of sp³-hybridized carbons (Fsp3) is 1.00. The van der Waals surface area contributed by atoms with Gasteiger partial charge in [0, 0.05) is 0 Å². The minimum Gasteiger partial charge on any atom is -0.373 e. The topological polar surface area (TPSA) is 25.1 Å². The molecule has 0 bridgehead atoms. The normalized spacial score (nSPS) is 38.7. The van der Waals surface area contributed by atoms with Crippen molar-refractivity contribution in [3.8, 4) is 0 Å². The van der Waals surface area contributed by atoms with Gasteiger partial charge in [0.15, 0.2) is 0 Å². The molecule has 104 valence electrons. The molecule has 0 N–H and O–H groups in total. The summed E-state index contributed by atoms with van der Waals surface area (Å²) in [5, 5.41) is 0. The van der Waals surface area contributed by atoms with Gasteiger partial charge < -0.3 is 9.47 Å². The first-order chi connectivity index (χ1) is 8.90. The van der Waals surface area contributed by atoms with Crippen LogP contribution in [-0.4, -0.2) is 25.4 Å². The minimum absolute atomic E-state index is 0.644. The fourth-order valence-corrected chi connectivity index (χ4v) is 3.55. The van der Waals surface area contributed by atoms with Crippen molar-refractivity contribution >= 4 is 0 Å². The SMILES string of the molecule is C(CC1CCC(CCCC2CO2)CC1)CC1CO1. The van der Waals surface area contributed by atoms with Crippen molar-refractivity contribution in [2.24, 2.45) is 11.8 Å². The van der Waals surface area contributed by atoms with Crippen molar-refractivity contribution in [1.82, 2.24) is 0 Å². The Hall–Kier alpha value is -0.0800. The van der Waals surface area contributed by atoms with Crippen molar-refractivity contribution in [2.75, 3.05) is 13.2 Å². The van der Waals surface area contributed by atoms with Gasteiger partial charge >= 0.3 is 0 Å². The molecule has 3 rings (SSSR count). The number of hydrogen-bond acceptors (Lipinski definition) is 2. The molecule has 2 unspecified atom stereocenters. The van der Waals surface area contributed by atoms with Gasteiger partial charge in [0.05, 0.1) is 25.4 Å². The van der Waals surface area contributed by atoms with Crippen LogP contribution >= 0.6 is 0 Å². The summed E-state index contributed by atoms with van der Waals surface area (Å²) in [5.41, 5.74) is 0. The van der Waals surface area contributed by atoms with Gasteiger partial charge in [-0.2, -0.15) is 0 Å². The summed E-state index contributed by atoms with van der Waals surface area (Å²) in [6.45, 7) is 2.08. The van der Waals surface area contributed by atoms with Gasteiger partial charge in [-0.05, 0) is 24.7 Å². The van der Waals surface area contributed by atoms with E-state index in [-0.39, 0.29) is 0 Å². The molecule has 2 aliphatic heterocycles. The van der Waals surface area contributed by atoms with E-state index in [1.165, 1.54) is 64.2 Å². The lowest BCUT2D eigenvalue weighted by Crippen LogP contribution is -2.15. The Morgan fingerprint density at radius 3 is 1.33 bits per heavy atom. The first-order valence-corrected chi connectivity index (χ1v) is 8.13. The van der Waals surface area contributed by atoms with Crippen molar-refractivity contribution in [3.63, 3.8) is 0 Å². The third-order valence-electron chi connectivity index (χ3n) is 5.05. The van der Waals surface area contributed by atoms with Crippen LogP contribution in [-0.2, 0) is 9.47 Å². The molecule has 0 aromatic heterocycles. The van der Waals surface area contributed by atoms with Crippen LogP contribution in [0.15, 0.2) is 0 Å². The maximum Gasteiger partial charge on any atom is 0.0810 e. The molecule has 2 atom stereocenters. The van der Waals surface area contributed by atoms with Gasteiger partial charge in [-0.3, -0.25) is 0 Å². The molecular formula is C16H28O2. The smallest absolute Gasteiger partial charge is 0.0810 e. The van der Waals surface area contributed by atoms with E-state index in [1.807, 2.05) is 0 Å². The third-order valence-corrected chi connectivity index (χ3v) is 5.05. The maximum absolute atomic E-state index is 5.27. The van der Waals surface area contributed by atoms with E-state index in [0.29, 0.717) is 12.2 Å². The molecule has 1 aliphatic carbocycles.